The van der Waals surface area contributed by atoms with Gasteiger partial charge in [0.25, 0.3) is 0 Å². The van der Waals surface area contributed by atoms with Gasteiger partial charge in [0.05, 0.1) is 35.8 Å². The number of esters is 1. The van der Waals surface area contributed by atoms with Crippen molar-refractivity contribution < 1.29 is 24.2 Å². The second-order valence-corrected chi connectivity index (χ2v) is 14.1. The van der Waals surface area contributed by atoms with Crippen molar-refractivity contribution in [2.75, 3.05) is 26.3 Å². The van der Waals surface area contributed by atoms with Gasteiger partial charge in [0.2, 0.25) is 11.8 Å². The molecule has 3 saturated heterocycles. The van der Waals surface area contributed by atoms with Crippen molar-refractivity contribution >= 4 is 29.5 Å². The number of aliphatic hydroxyl groups is 1. The number of allylic oxidation sites excluding steroid dienone is 1. The average molecular weight is 563 g/mol. The van der Waals surface area contributed by atoms with Gasteiger partial charge in [-0.1, -0.05) is 45.8 Å². The lowest BCUT2D eigenvalue weighted by molar-refractivity contribution is -0.156. The fourth-order valence-corrected chi connectivity index (χ4v) is 9.37. The molecule has 3 aliphatic rings. The third-order valence-corrected chi connectivity index (χ3v) is 10.8. The van der Waals surface area contributed by atoms with Crippen molar-refractivity contribution in [3.8, 4) is 0 Å². The van der Waals surface area contributed by atoms with Gasteiger partial charge in [-0.05, 0) is 57.8 Å². The van der Waals surface area contributed by atoms with E-state index in [2.05, 4.69) is 40.9 Å². The minimum atomic E-state index is -0.718. The molecule has 1 N–H and O–H groups in total. The molecule has 0 radical (unpaired) electrons. The molecule has 0 saturated carbocycles. The van der Waals surface area contributed by atoms with Gasteiger partial charge < -0.3 is 19.6 Å². The lowest BCUT2D eigenvalue weighted by Crippen LogP contribution is -2.57. The van der Waals surface area contributed by atoms with E-state index in [1.165, 1.54) is 0 Å². The first-order chi connectivity index (χ1) is 18.6. The molecule has 6 atom stereocenters. The predicted molar refractivity (Wildman–Crippen MR) is 157 cm³/mol. The standard InChI is InChI=1S/C31H50N2O5S/c1-7-10-12-14-19-38-29(37)25-24-27(35)33(23(21-34)20-22(4)5)26(31(24)16-15-30(25,6)39-31)28(36)32(17-9-3)18-13-11-8-2/h7,9,22-26,34H,1,3,8,10-21H2,2,4-6H3/t23-,24+,25-,26?,30+,31?/m1/s1. The largest absolute Gasteiger partial charge is 0.465 e. The Balaban J connectivity index is 1.99. The Kier molecular flexibility index (Phi) is 11.2. The van der Waals surface area contributed by atoms with Crippen LogP contribution in [0.2, 0.25) is 0 Å². The molecule has 8 heteroatoms. The van der Waals surface area contributed by atoms with Crippen LogP contribution in [0.25, 0.3) is 0 Å². The summed E-state index contributed by atoms with van der Waals surface area (Å²) in [6.07, 6.45) is 11.1. The van der Waals surface area contributed by atoms with Crippen LogP contribution in [0.1, 0.15) is 85.5 Å². The normalized spacial score (nSPS) is 29.9. The number of thioether (sulfide) groups is 1. The molecule has 0 aliphatic carbocycles. The maximum absolute atomic E-state index is 14.4. The van der Waals surface area contributed by atoms with Gasteiger partial charge in [0.15, 0.2) is 0 Å². The summed E-state index contributed by atoms with van der Waals surface area (Å²) in [6.45, 7) is 17.0. The van der Waals surface area contributed by atoms with Crippen molar-refractivity contribution in [1.29, 1.82) is 0 Å². The zero-order chi connectivity index (χ0) is 28.8. The van der Waals surface area contributed by atoms with Crippen molar-refractivity contribution in [3.05, 3.63) is 25.3 Å². The van der Waals surface area contributed by atoms with Gasteiger partial charge in [-0.15, -0.1) is 24.9 Å². The molecule has 220 valence electrons. The molecule has 7 nitrogen and oxygen atoms in total. The highest BCUT2D eigenvalue weighted by Gasteiger charge is 2.78. The molecule has 2 unspecified atom stereocenters. The number of ether oxygens (including phenoxy) is 1. The Labute approximate surface area is 239 Å². The summed E-state index contributed by atoms with van der Waals surface area (Å²) in [5, 5.41) is 10.5. The summed E-state index contributed by atoms with van der Waals surface area (Å²) in [7, 11) is 0. The topological polar surface area (TPSA) is 87.1 Å². The van der Waals surface area contributed by atoms with E-state index in [1.54, 1.807) is 22.7 Å². The summed E-state index contributed by atoms with van der Waals surface area (Å²) < 4.78 is 4.60. The number of amides is 2. The fraction of sp³-hybridized carbons (Fsp3) is 0.774. The molecule has 2 bridgehead atoms. The zero-order valence-electron chi connectivity index (χ0n) is 24.5. The van der Waals surface area contributed by atoms with Gasteiger partial charge >= 0.3 is 5.97 Å². The highest BCUT2D eigenvalue weighted by molar-refractivity contribution is 8.02. The highest BCUT2D eigenvalue weighted by atomic mass is 32.2. The number of likely N-dealkylation sites (tertiary alicyclic amines) is 1. The van der Waals surface area contributed by atoms with Crippen LogP contribution in [-0.4, -0.2) is 80.6 Å². The number of carbonyl (C=O) groups is 3. The minimum absolute atomic E-state index is 0.0840. The molecule has 0 aromatic carbocycles. The monoisotopic (exact) mass is 562 g/mol. The van der Waals surface area contributed by atoms with Gasteiger partial charge in [0.1, 0.15) is 6.04 Å². The molecular formula is C31H50N2O5S. The SMILES string of the molecule is C=CCCCCOC(=O)[C@H]1[C@H]2C(=O)N([C@@H](CO)CC(C)C)C(C(=O)N(CC=C)CCCCC)C23CC[C@]1(C)S3. The number of hydrogen-bond acceptors (Lipinski definition) is 6. The lowest BCUT2D eigenvalue weighted by atomic mass is 9.66. The first-order valence-corrected chi connectivity index (χ1v) is 15.7. The number of rotatable bonds is 17. The van der Waals surface area contributed by atoms with Gasteiger partial charge in [-0.3, -0.25) is 14.4 Å². The summed E-state index contributed by atoms with van der Waals surface area (Å²) in [5.41, 5.74) is 0. The molecule has 39 heavy (non-hydrogen) atoms. The first-order valence-electron chi connectivity index (χ1n) is 14.9. The first kappa shape index (κ1) is 31.7. The van der Waals surface area contributed by atoms with Gasteiger partial charge in [-0.2, -0.15) is 0 Å². The Morgan fingerprint density at radius 2 is 1.95 bits per heavy atom. The number of carbonyl (C=O) groups excluding carboxylic acids is 3. The van der Waals surface area contributed by atoms with E-state index in [1.807, 2.05) is 11.0 Å². The lowest BCUT2D eigenvalue weighted by Gasteiger charge is -2.40. The summed E-state index contributed by atoms with van der Waals surface area (Å²) in [6, 6.07) is -1.19. The van der Waals surface area contributed by atoms with Crippen LogP contribution < -0.4 is 0 Å². The molecule has 3 rings (SSSR count). The minimum Gasteiger partial charge on any atom is -0.465 e. The van der Waals surface area contributed by atoms with E-state index >= 15 is 0 Å². The van der Waals surface area contributed by atoms with Gasteiger partial charge in [0, 0.05) is 17.8 Å². The second kappa shape index (κ2) is 13.7. The molecular weight excluding hydrogens is 512 g/mol. The number of hydrogen-bond donors (Lipinski definition) is 1. The third kappa shape index (κ3) is 6.27. The number of fused-ring (bicyclic) bond motifs is 1. The van der Waals surface area contributed by atoms with Crippen molar-refractivity contribution in [3.63, 3.8) is 0 Å². The van der Waals surface area contributed by atoms with Crippen molar-refractivity contribution in [2.24, 2.45) is 17.8 Å². The summed E-state index contributed by atoms with van der Waals surface area (Å²) in [5.74, 6) is -1.58. The van der Waals surface area contributed by atoms with Crippen molar-refractivity contribution in [1.82, 2.24) is 9.80 Å². The Morgan fingerprint density at radius 1 is 1.21 bits per heavy atom. The highest BCUT2D eigenvalue weighted by Crippen LogP contribution is 2.71. The Hall–Kier alpha value is -1.80. The van der Waals surface area contributed by atoms with E-state index in [9.17, 15) is 19.5 Å². The number of unbranched alkanes of at least 4 members (excludes halogenated alkanes) is 4. The van der Waals surface area contributed by atoms with E-state index in [-0.39, 0.29) is 30.3 Å². The molecule has 3 heterocycles. The molecule has 1 spiro atoms. The molecule has 0 aromatic rings. The smallest absolute Gasteiger partial charge is 0.311 e. The summed E-state index contributed by atoms with van der Waals surface area (Å²) in [4.78, 5) is 45.9. The maximum atomic E-state index is 14.4. The van der Waals surface area contributed by atoms with E-state index in [4.69, 9.17) is 4.74 Å². The predicted octanol–water partition coefficient (Wildman–Crippen LogP) is 4.98. The fourth-order valence-electron chi connectivity index (χ4n) is 7.04. The Bertz CT molecular complexity index is 909. The van der Waals surface area contributed by atoms with Crippen LogP contribution >= 0.6 is 11.8 Å². The number of aliphatic hydroxyl groups excluding tert-OH is 1. The van der Waals surface area contributed by atoms with Crippen LogP contribution in [0.5, 0.6) is 0 Å². The van der Waals surface area contributed by atoms with Crippen LogP contribution in [0, 0.1) is 17.8 Å². The van der Waals surface area contributed by atoms with E-state index in [0.717, 1.165) is 44.9 Å². The quantitative estimate of drug-likeness (QED) is 0.153. The Morgan fingerprint density at radius 3 is 2.56 bits per heavy atom. The number of nitrogens with zero attached hydrogens (tertiary/aromatic N) is 2. The zero-order valence-corrected chi connectivity index (χ0v) is 25.3. The van der Waals surface area contributed by atoms with Crippen LogP contribution in [0.4, 0.5) is 0 Å². The van der Waals surface area contributed by atoms with Gasteiger partial charge in [-0.25, -0.2) is 0 Å². The van der Waals surface area contributed by atoms with E-state index in [0.29, 0.717) is 32.5 Å². The molecule has 3 fully saturated rings. The van der Waals surface area contributed by atoms with Crippen LogP contribution in [0.3, 0.4) is 0 Å². The third-order valence-electron chi connectivity index (χ3n) is 8.79. The van der Waals surface area contributed by atoms with Crippen molar-refractivity contribution in [2.45, 2.75) is 107 Å². The molecule has 3 aliphatic heterocycles. The maximum Gasteiger partial charge on any atom is 0.311 e. The van der Waals surface area contributed by atoms with Crippen LogP contribution in [-0.2, 0) is 19.1 Å². The molecule has 0 aromatic heterocycles. The average Bonchev–Trinajstić information content (AvgIpc) is 3.46. The van der Waals surface area contributed by atoms with Crippen LogP contribution in [0.15, 0.2) is 25.3 Å². The van der Waals surface area contributed by atoms with E-state index < -0.39 is 33.4 Å². The summed E-state index contributed by atoms with van der Waals surface area (Å²) >= 11 is 1.66. The molecule has 2 amide bonds. The second-order valence-electron chi connectivity index (χ2n) is 12.2.